The van der Waals surface area contributed by atoms with E-state index in [-0.39, 0.29) is 5.92 Å². The van der Waals surface area contributed by atoms with Crippen molar-refractivity contribution in [1.29, 1.82) is 0 Å². The summed E-state index contributed by atoms with van der Waals surface area (Å²) in [6.07, 6.45) is 5.12. The summed E-state index contributed by atoms with van der Waals surface area (Å²) in [5.41, 5.74) is 0. The summed E-state index contributed by atoms with van der Waals surface area (Å²) in [6, 6.07) is 0. The van der Waals surface area contributed by atoms with Gasteiger partial charge in [0.15, 0.2) is 0 Å². The average molecular weight is 147 g/mol. The van der Waals surface area contributed by atoms with E-state index in [0.29, 0.717) is 16.1 Å². The van der Waals surface area contributed by atoms with Gasteiger partial charge in [0.1, 0.15) is 11.2 Å². The van der Waals surface area contributed by atoms with Crippen LogP contribution in [-0.4, -0.2) is 28.8 Å². The molecule has 1 N–H and O–H groups in total. The van der Waals surface area contributed by atoms with Crippen LogP contribution in [0.15, 0.2) is 0 Å². The molecule has 0 aromatic carbocycles. The van der Waals surface area contributed by atoms with Crippen LogP contribution in [0.1, 0.15) is 6.42 Å². The highest BCUT2D eigenvalue weighted by molar-refractivity contribution is 7.96. The molecular weight excluding hydrogens is 136 g/mol. The van der Waals surface area contributed by atoms with E-state index in [1.54, 1.807) is 0 Å². The van der Waals surface area contributed by atoms with Crippen molar-refractivity contribution in [3.05, 3.63) is 0 Å². The van der Waals surface area contributed by atoms with Crippen LogP contribution in [0.3, 0.4) is 0 Å². The van der Waals surface area contributed by atoms with Crippen LogP contribution in [0, 0.1) is 5.92 Å². The van der Waals surface area contributed by atoms with Crippen LogP contribution in [0.4, 0.5) is 0 Å². The smallest absolute Gasteiger partial charge is 0.311 e. The van der Waals surface area contributed by atoms with Crippen LogP contribution in [0.2, 0.25) is 0 Å². The Morgan fingerprint density at radius 2 is 2.22 bits per heavy atom. The van der Waals surface area contributed by atoms with E-state index in [9.17, 15) is 4.79 Å². The van der Waals surface area contributed by atoms with Gasteiger partial charge in [-0.25, -0.2) is 0 Å². The molecule has 0 spiro atoms. The largest absolute Gasteiger partial charge is 0.481 e. The Morgan fingerprint density at radius 1 is 1.67 bits per heavy atom. The Kier molecular flexibility index (Phi) is 1.70. The van der Waals surface area contributed by atoms with Crippen molar-refractivity contribution < 1.29 is 9.90 Å². The molecule has 0 heterocycles. The van der Waals surface area contributed by atoms with Gasteiger partial charge in [0.2, 0.25) is 0 Å². The van der Waals surface area contributed by atoms with Crippen LogP contribution in [-0.2, 0) is 15.7 Å². The Balaban J connectivity index is 2.33. The van der Waals surface area contributed by atoms with Crippen LogP contribution in [0.5, 0.6) is 0 Å². The van der Waals surface area contributed by atoms with Crippen molar-refractivity contribution in [1.82, 2.24) is 0 Å². The fraction of sp³-hybridized carbons (Fsp3) is 0.833. The number of carbonyl (C=O) groups is 1. The summed E-state index contributed by atoms with van der Waals surface area (Å²) >= 11 is 0. The summed E-state index contributed by atoms with van der Waals surface area (Å²) in [6.45, 7) is 0. The Hall–Kier alpha value is -0.180. The molecule has 0 bridgehead atoms. The minimum Gasteiger partial charge on any atom is -0.481 e. The third kappa shape index (κ3) is 1.39. The number of hydrogen-bond acceptors (Lipinski definition) is 1. The lowest BCUT2D eigenvalue weighted by Gasteiger charge is -1.89. The fourth-order valence-electron chi connectivity index (χ4n) is 0.953. The molecule has 0 unspecified atom stereocenters. The van der Waals surface area contributed by atoms with E-state index in [2.05, 4.69) is 12.5 Å². The maximum absolute atomic E-state index is 10.3. The molecule has 9 heavy (non-hydrogen) atoms. The Morgan fingerprint density at radius 3 is 2.33 bits per heavy atom. The SMILES string of the molecule is C[S+](C)[C@@H]1C[C@@H]1C(=O)O. The minimum absolute atomic E-state index is 0.0108. The molecule has 2 nitrogen and oxygen atoms in total. The van der Waals surface area contributed by atoms with E-state index in [0.717, 1.165) is 6.42 Å². The molecule has 2 atom stereocenters. The normalized spacial score (nSPS) is 32.8. The number of rotatable bonds is 2. The van der Waals surface area contributed by atoms with Crippen LogP contribution in [0.25, 0.3) is 0 Å². The molecule has 0 amide bonds. The molecule has 3 heteroatoms. The van der Waals surface area contributed by atoms with Gasteiger partial charge in [0.05, 0.1) is 12.5 Å². The van der Waals surface area contributed by atoms with E-state index in [4.69, 9.17) is 5.11 Å². The summed E-state index contributed by atoms with van der Waals surface area (Å²) in [7, 11) is 0.312. The molecule has 52 valence electrons. The molecule has 0 aromatic heterocycles. The predicted octanol–water partition coefficient (Wildman–Crippen LogP) is 0.337. The highest BCUT2D eigenvalue weighted by atomic mass is 32.2. The van der Waals surface area contributed by atoms with Gasteiger partial charge in [-0.15, -0.1) is 0 Å². The second-order valence-electron chi connectivity index (χ2n) is 2.60. The van der Waals surface area contributed by atoms with Gasteiger partial charge in [-0.2, -0.15) is 0 Å². The number of aliphatic carboxylic acids is 1. The number of hydrogen-bond donors (Lipinski definition) is 1. The zero-order valence-corrected chi connectivity index (χ0v) is 6.44. The van der Waals surface area contributed by atoms with E-state index in [1.165, 1.54) is 0 Å². The molecule has 1 aliphatic rings. The lowest BCUT2D eigenvalue weighted by atomic mass is 10.4. The van der Waals surface area contributed by atoms with Gasteiger partial charge in [-0.3, -0.25) is 4.79 Å². The monoisotopic (exact) mass is 147 g/mol. The third-order valence-corrected chi connectivity index (χ3v) is 3.39. The first-order valence-electron chi connectivity index (χ1n) is 2.92. The quantitative estimate of drug-likeness (QED) is 0.572. The predicted molar refractivity (Wildman–Crippen MR) is 38.7 cm³/mol. The number of carboxylic acid groups (broad SMARTS) is 1. The van der Waals surface area contributed by atoms with Crippen LogP contribution < -0.4 is 0 Å². The highest BCUT2D eigenvalue weighted by Crippen LogP contribution is 2.36. The van der Waals surface area contributed by atoms with E-state index in [1.807, 2.05) is 0 Å². The van der Waals surface area contributed by atoms with Gasteiger partial charge < -0.3 is 5.11 Å². The zero-order valence-electron chi connectivity index (χ0n) is 5.63. The fourth-order valence-corrected chi connectivity index (χ4v) is 2.32. The summed E-state index contributed by atoms with van der Waals surface area (Å²) in [4.78, 5) is 10.3. The first-order chi connectivity index (χ1) is 4.13. The molecule has 1 saturated carbocycles. The maximum Gasteiger partial charge on any atom is 0.311 e. The van der Waals surface area contributed by atoms with Crippen molar-refractivity contribution in [2.75, 3.05) is 12.5 Å². The minimum atomic E-state index is -0.610. The lowest BCUT2D eigenvalue weighted by Crippen LogP contribution is -2.09. The van der Waals surface area contributed by atoms with Crippen molar-refractivity contribution >= 4 is 16.9 Å². The Labute approximate surface area is 57.6 Å². The number of carboxylic acids is 1. The first kappa shape index (κ1) is 6.93. The topological polar surface area (TPSA) is 37.3 Å². The van der Waals surface area contributed by atoms with Gasteiger partial charge in [-0.05, 0) is 10.9 Å². The second-order valence-corrected chi connectivity index (χ2v) is 4.96. The van der Waals surface area contributed by atoms with Gasteiger partial charge in [0.25, 0.3) is 0 Å². The molecule has 0 radical (unpaired) electrons. The summed E-state index contributed by atoms with van der Waals surface area (Å²) in [5.74, 6) is -0.621. The molecule has 0 aliphatic heterocycles. The van der Waals surface area contributed by atoms with E-state index >= 15 is 0 Å². The molecule has 1 fully saturated rings. The molecule has 0 aromatic rings. The molecule has 1 aliphatic carbocycles. The zero-order chi connectivity index (χ0) is 7.02. The summed E-state index contributed by atoms with van der Waals surface area (Å²) in [5, 5.41) is 8.97. The maximum atomic E-state index is 10.3. The lowest BCUT2D eigenvalue weighted by molar-refractivity contribution is -0.138. The average Bonchev–Trinajstić information content (AvgIpc) is 2.39. The first-order valence-corrected chi connectivity index (χ1v) is 5.02. The molecule has 1 rings (SSSR count). The standard InChI is InChI=1S/C6H10O2S/c1-9(2)5-3-4(5)6(7)8/h4-5H,3H2,1-2H3/p+1/t4-,5+/m0/s1. The highest BCUT2D eigenvalue weighted by Gasteiger charge is 2.52. The van der Waals surface area contributed by atoms with E-state index < -0.39 is 5.97 Å². The van der Waals surface area contributed by atoms with Crippen LogP contribution >= 0.6 is 0 Å². The molecular formula is C6H11O2S+. The van der Waals surface area contributed by atoms with Crippen molar-refractivity contribution in [3.8, 4) is 0 Å². The molecule has 0 saturated heterocycles. The summed E-state index contributed by atoms with van der Waals surface area (Å²) < 4.78 is 0. The van der Waals surface area contributed by atoms with Crippen molar-refractivity contribution in [2.45, 2.75) is 11.7 Å². The van der Waals surface area contributed by atoms with Gasteiger partial charge in [-0.1, -0.05) is 0 Å². The van der Waals surface area contributed by atoms with Crippen molar-refractivity contribution in [2.24, 2.45) is 5.92 Å². The second kappa shape index (κ2) is 2.21. The Bertz CT molecular complexity index is 133. The van der Waals surface area contributed by atoms with Gasteiger partial charge in [0, 0.05) is 6.42 Å². The van der Waals surface area contributed by atoms with Crippen molar-refractivity contribution in [3.63, 3.8) is 0 Å². The van der Waals surface area contributed by atoms with Gasteiger partial charge >= 0.3 is 5.97 Å². The third-order valence-electron chi connectivity index (χ3n) is 1.65.